The lowest BCUT2D eigenvalue weighted by Gasteiger charge is -2.33. The van der Waals surface area contributed by atoms with Gasteiger partial charge in [0.05, 0.1) is 18.4 Å². The number of nitrogens with zero attached hydrogens (tertiary/aromatic N) is 2. The Labute approximate surface area is 165 Å². The van der Waals surface area contributed by atoms with Crippen LogP contribution in [0.5, 0.6) is 0 Å². The Balaban J connectivity index is 1.79. The number of rotatable bonds is 2. The van der Waals surface area contributed by atoms with Crippen LogP contribution < -0.4 is 9.80 Å². The van der Waals surface area contributed by atoms with Gasteiger partial charge in [0.2, 0.25) is 0 Å². The van der Waals surface area contributed by atoms with Gasteiger partial charge in [-0.05, 0) is 51.4 Å². The Morgan fingerprint density at radius 2 is 1.74 bits per heavy atom. The monoisotopic (exact) mass is 360 g/mol. The third-order valence-corrected chi connectivity index (χ3v) is 5.47. The van der Waals surface area contributed by atoms with Crippen LogP contribution in [0.3, 0.4) is 0 Å². The van der Waals surface area contributed by atoms with Gasteiger partial charge >= 0.3 is 0 Å². The smallest absolute Gasteiger partial charge is 0.159 e. The van der Waals surface area contributed by atoms with Crippen molar-refractivity contribution >= 4 is 39.0 Å². The Bertz CT molecular complexity index is 1310. The summed E-state index contributed by atoms with van der Waals surface area (Å²) in [6.45, 7) is 2.96. The molecule has 1 aliphatic heterocycles. The van der Waals surface area contributed by atoms with Crippen LogP contribution in [0.2, 0.25) is 0 Å². The number of para-hydroxylation sites is 3. The summed E-state index contributed by atoms with van der Waals surface area (Å²) in [5.74, 6) is 0. The minimum Gasteiger partial charge on any atom is -0.454 e. The van der Waals surface area contributed by atoms with E-state index in [0.29, 0.717) is 0 Å². The molecule has 0 bridgehead atoms. The molecule has 2 heterocycles. The number of furan rings is 1. The van der Waals surface area contributed by atoms with Gasteiger partial charge in [-0.2, -0.15) is 0 Å². The zero-order chi connectivity index (χ0) is 22.1. The summed E-state index contributed by atoms with van der Waals surface area (Å²) >= 11 is 0. The second-order valence-electron chi connectivity index (χ2n) is 7.15. The van der Waals surface area contributed by atoms with E-state index in [1.54, 1.807) is 4.90 Å². The van der Waals surface area contributed by atoms with E-state index < -0.39 is 19.0 Å². The van der Waals surface area contributed by atoms with Gasteiger partial charge in [-0.15, -0.1) is 0 Å². The second kappa shape index (κ2) is 5.78. The minimum atomic E-state index is -2.48. The zero-order valence-corrected chi connectivity index (χ0v) is 15.7. The van der Waals surface area contributed by atoms with Gasteiger partial charge in [-0.1, -0.05) is 42.5 Å². The summed E-state index contributed by atoms with van der Waals surface area (Å²) in [7, 11) is 0. The van der Waals surface area contributed by atoms with Gasteiger partial charge in [0.25, 0.3) is 0 Å². The molecule has 0 saturated heterocycles. The molecule has 5 rings (SSSR count). The van der Waals surface area contributed by atoms with E-state index in [-0.39, 0.29) is 0 Å². The fourth-order valence-electron chi connectivity index (χ4n) is 4.33. The van der Waals surface area contributed by atoms with E-state index in [4.69, 9.17) is 9.90 Å². The quantitative estimate of drug-likeness (QED) is 0.401. The van der Waals surface area contributed by atoms with E-state index in [0.717, 1.165) is 44.6 Å². The van der Waals surface area contributed by atoms with Crippen molar-refractivity contribution in [3.8, 4) is 0 Å². The van der Waals surface area contributed by atoms with Crippen LogP contribution in [0.25, 0.3) is 21.9 Å². The van der Waals surface area contributed by atoms with Gasteiger partial charge in [0.1, 0.15) is 11.7 Å². The molecular weight excluding hydrogens is 332 g/mol. The molecule has 0 radical (unpaired) electrons. The van der Waals surface area contributed by atoms with Crippen molar-refractivity contribution in [3.05, 3.63) is 66.2 Å². The van der Waals surface area contributed by atoms with Crippen molar-refractivity contribution in [2.24, 2.45) is 0 Å². The number of anilines is 3. The summed E-state index contributed by atoms with van der Waals surface area (Å²) in [5, 5.41) is 2.06. The summed E-state index contributed by atoms with van der Waals surface area (Å²) in [6, 6.07) is 18.0. The van der Waals surface area contributed by atoms with E-state index in [2.05, 4.69) is 17.0 Å². The molecule has 2 atom stereocenters. The third-order valence-electron chi connectivity index (χ3n) is 5.47. The highest BCUT2D eigenvalue weighted by Gasteiger charge is 2.37. The Hall–Kier alpha value is -2.94. The van der Waals surface area contributed by atoms with Crippen LogP contribution in [0.1, 0.15) is 31.7 Å². The molecule has 1 aromatic heterocycles. The highest BCUT2D eigenvalue weighted by atomic mass is 16.3. The van der Waals surface area contributed by atoms with Crippen molar-refractivity contribution in [3.63, 3.8) is 0 Å². The number of hydrogen-bond donors (Lipinski definition) is 0. The van der Waals surface area contributed by atoms with Gasteiger partial charge in [0.15, 0.2) is 5.58 Å². The molecule has 4 aromatic rings. The van der Waals surface area contributed by atoms with Crippen molar-refractivity contribution in [2.75, 3.05) is 9.80 Å². The molecule has 1 aliphatic rings. The van der Waals surface area contributed by atoms with Gasteiger partial charge in [-0.3, -0.25) is 0 Å². The molecule has 0 spiro atoms. The van der Waals surface area contributed by atoms with Crippen molar-refractivity contribution in [1.82, 2.24) is 0 Å². The molecule has 27 heavy (non-hydrogen) atoms. The topological polar surface area (TPSA) is 19.6 Å². The van der Waals surface area contributed by atoms with Crippen LogP contribution in [-0.4, -0.2) is 12.2 Å². The lowest BCUT2D eigenvalue weighted by atomic mass is 10.1. The van der Waals surface area contributed by atoms with Crippen molar-refractivity contribution < 1.29 is 9.90 Å². The maximum atomic E-state index is 8.81. The third kappa shape index (κ3) is 2.21. The molecule has 2 unspecified atom stereocenters. The second-order valence-corrected chi connectivity index (χ2v) is 7.15. The molecule has 0 fully saturated rings. The lowest BCUT2D eigenvalue weighted by molar-refractivity contribution is 0.603. The standard InChI is InChI=1S/C24H24N2O/c1-15(2)25-17(4)26(21-11-7-6-10-20(21)25)23-16(3)13-14-19-18-9-5-8-12-22(18)27-24(19)23/h5-15,17H,1-4H3/i1D3,15D. The zero-order valence-electron chi connectivity index (χ0n) is 19.7. The maximum absolute atomic E-state index is 8.81. The SMILES string of the molecule is [2H]C([2H])([2H])C([2H])(C)N1c2ccccc2N(c2c(C)ccc3c2oc2ccccc23)C1C. The molecule has 3 aromatic carbocycles. The van der Waals surface area contributed by atoms with E-state index >= 15 is 0 Å². The summed E-state index contributed by atoms with van der Waals surface area (Å²) < 4.78 is 39.2. The molecule has 0 saturated carbocycles. The van der Waals surface area contributed by atoms with Crippen LogP contribution in [0.4, 0.5) is 17.1 Å². The highest BCUT2D eigenvalue weighted by molar-refractivity contribution is 6.10. The maximum Gasteiger partial charge on any atom is 0.159 e. The van der Waals surface area contributed by atoms with Gasteiger partial charge < -0.3 is 14.2 Å². The minimum absolute atomic E-state index is 0.391. The van der Waals surface area contributed by atoms with Crippen molar-refractivity contribution in [1.29, 1.82) is 0 Å². The van der Waals surface area contributed by atoms with Crippen molar-refractivity contribution in [2.45, 2.75) is 39.8 Å². The first-order chi connectivity index (χ1) is 14.6. The number of benzene rings is 3. The Kier molecular flexibility index (Phi) is 2.67. The van der Waals surface area contributed by atoms with Crippen LogP contribution >= 0.6 is 0 Å². The first kappa shape index (κ1) is 12.4. The fourth-order valence-corrected chi connectivity index (χ4v) is 4.33. The number of fused-ring (bicyclic) bond motifs is 4. The summed E-state index contributed by atoms with van der Waals surface area (Å²) in [6.07, 6.45) is -0.391. The molecule has 0 aliphatic carbocycles. The molecule has 136 valence electrons. The van der Waals surface area contributed by atoms with E-state index in [1.165, 1.54) is 6.92 Å². The molecule has 0 N–H and O–H groups in total. The molecule has 3 nitrogen and oxygen atoms in total. The number of aryl methyl sites for hydroxylation is 1. The first-order valence-corrected chi connectivity index (χ1v) is 9.21. The summed E-state index contributed by atoms with van der Waals surface area (Å²) in [5.41, 5.74) is 5.11. The van der Waals surface area contributed by atoms with Gasteiger partial charge in [0, 0.05) is 20.9 Å². The lowest BCUT2D eigenvalue weighted by Crippen LogP contribution is -2.42. The van der Waals surface area contributed by atoms with Crippen LogP contribution in [-0.2, 0) is 0 Å². The fraction of sp³-hybridized carbons (Fsp3) is 0.250. The van der Waals surface area contributed by atoms with E-state index in [9.17, 15) is 0 Å². The average Bonchev–Trinajstić information content (AvgIpc) is 3.22. The largest absolute Gasteiger partial charge is 0.454 e. The normalized spacial score (nSPS) is 21.5. The van der Waals surface area contributed by atoms with Gasteiger partial charge in [-0.25, -0.2) is 0 Å². The number of hydrogen-bond acceptors (Lipinski definition) is 3. The first-order valence-electron chi connectivity index (χ1n) is 11.2. The summed E-state index contributed by atoms with van der Waals surface area (Å²) in [4.78, 5) is 3.80. The highest BCUT2D eigenvalue weighted by Crippen LogP contribution is 2.48. The van der Waals surface area contributed by atoms with Crippen LogP contribution in [0.15, 0.2) is 65.1 Å². The molecule has 3 heteroatoms. The Morgan fingerprint density at radius 1 is 1.00 bits per heavy atom. The van der Waals surface area contributed by atoms with E-state index in [1.807, 2.05) is 62.4 Å². The average molecular weight is 360 g/mol. The molecule has 0 amide bonds. The Morgan fingerprint density at radius 3 is 2.56 bits per heavy atom. The molecular formula is C24H24N2O. The van der Waals surface area contributed by atoms with Crippen LogP contribution in [0, 0.1) is 6.92 Å². The predicted molar refractivity (Wildman–Crippen MR) is 114 cm³/mol. The predicted octanol–water partition coefficient (Wildman–Crippen LogP) is 6.61.